The van der Waals surface area contributed by atoms with E-state index in [9.17, 15) is 0 Å². The number of rotatable bonds is 6. The molecule has 96 valence electrons. The number of hydrogen-bond donors (Lipinski definition) is 0. The van der Waals surface area contributed by atoms with Crippen LogP contribution in [0.4, 0.5) is 0 Å². The Morgan fingerprint density at radius 3 is 2.56 bits per heavy atom. The molecule has 2 nitrogen and oxygen atoms in total. The highest BCUT2D eigenvalue weighted by Crippen LogP contribution is 2.24. The molecule has 1 aromatic carbocycles. The average molecular weight is 327 g/mol. The van der Waals surface area contributed by atoms with Gasteiger partial charge in [-0.05, 0) is 51.5 Å². The topological polar surface area (TPSA) is 18.5 Å². The molecule has 0 bridgehead atoms. The molecule has 0 fully saturated rings. The molecule has 0 aliphatic rings. The van der Waals surface area contributed by atoms with Gasteiger partial charge in [-0.3, -0.25) is 0 Å². The maximum atomic E-state index is 5.74. The van der Waals surface area contributed by atoms with Crippen molar-refractivity contribution in [2.45, 2.75) is 13.0 Å². The molecule has 0 spiro atoms. The van der Waals surface area contributed by atoms with Gasteiger partial charge >= 0.3 is 0 Å². The summed E-state index contributed by atoms with van der Waals surface area (Å²) in [6.07, 6.45) is 0.938. The molecule has 0 amide bonds. The second-order valence-corrected chi connectivity index (χ2v) is 5.72. The number of thiophene rings is 1. The molecule has 0 atom stereocenters. The Hall–Kier alpha value is -0.840. The lowest BCUT2D eigenvalue weighted by Gasteiger charge is -2.06. The lowest BCUT2D eigenvalue weighted by molar-refractivity contribution is 0.202. The molecule has 2 rings (SSSR count). The van der Waals surface area contributed by atoms with Crippen LogP contribution in [-0.2, 0) is 17.8 Å². The van der Waals surface area contributed by atoms with Gasteiger partial charge in [-0.1, -0.05) is 12.1 Å². The van der Waals surface area contributed by atoms with Crippen molar-refractivity contribution >= 4 is 27.3 Å². The fourth-order valence-electron chi connectivity index (χ4n) is 1.55. The quantitative estimate of drug-likeness (QED) is 0.788. The van der Waals surface area contributed by atoms with E-state index in [4.69, 9.17) is 9.47 Å². The van der Waals surface area contributed by atoms with E-state index >= 15 is 0 Å². The third-order valence-electron chi connectivity index (χ3n) is 2.58. The average Bonchev–Trinajstić information content (AvgIpc) is 2.81. The molecule has 18 heavy (non-hydrogen) atoms. The third kappa shape index (κ3) is 3.83. The smallest absolute Gasteiger partial charge is 0.124 e. The van der Waals surface area contributed by atoms with Crippen molar-refractivity contribution in [2.75, 3.05) is 13.7 Å². The van der Waals surface area contributed by atoms with E-state index < -0.39 is 0 Å². The van der Waals surface area contributed by atoms with Crippen LogP contribution in [0.2, 0.25) is 0 Å². The molecule has 0 saturated heterocycles. The zero-order valence-electron chi connectivity index (χ0n) is 10.2. The summed E-state index contributed by atoms with van der Waals surface area (Å²) in [5.41, 5.74) is 1.27. The van der Waals surface area contributed by atoms with Crippen LogP contribution >= 0.6 is 27.3 Å². The molecule has 0 aliphatic heterocycles. The monoisotopic (exact) mass is 326 g/mol. The van der Waals surface area contributed by atoms with Gasteiger partial charge in [-0.25, -0.2) is 0 Å². The van der Waals surface area contributed by atoms with Crippen LogP contribution in [0.5, 0.6) is 5.75 Å². The van der Waals surface area contributed by atoms with Crippen LogP contribution < -0.4 is 4.74 Å². The lowest BCUT2D eigenvalue weighted by Crippen LogP contribution is -1.96. The van der Waals surface area contributed by atoms with Gasteiger partial charge in [-0.15, -0.1) is 11.3 Å². The van der Waals surface area contributed by atoms with Crippen molar-refractivity contribution in [1.82, 2.24) is 0 Å². The van der Waals surface area contributed by atoms with E-state index in [0.717, 1.165) is 23.2 Å². The molecule has 0 aliphatic carbocycles. The number of methoxy groups -OCH3 is 1. The van der Waals surface area contributed by atoms with E-state index in [0.29, 0.717) is 6.61 Å². The van der Waals surface area contributed by atoms with Crippen molar-refractivity contribution in [1.29, 1.82) is 0 Å². The van der Waals surface area contributed by atoms with Gasteiger partial charge in [0.25, 0.3) is 0 Å². The third-order valence-corrected chi connectivity index (χ3v) is 4.48. The SMILES string of the molecule is COCCc1ccc(OCc2sccc2Br)cc1. The molecule has 0 saturated carbocycles. The Morgan fingerprint density at radius 1 is 1.17 bits per heavy atom. The zero-order chi connectivity index (χ0) is 12.8. The van der Waals surface area contributed by atoms with Gasteiger partial charge in [0, 0.05) is 11.6 Å². The van der Waals surface area contributed by atoms with Crippen LogP contribution in [0, 0.1) is 0 Å². The summed E-state index contributed by atoms with van der Waals surface area (Å²) < 4.78 is 11.9. The summed E-state index contributed by atoms with van der Waals surface area (Å²) in [7, 11) is 1.72. The molecule has 2 aromatic rings. The van der Waals surface area contributed by atoms with Gasteiger partial charge in [0.05, 0.1) is 11.5 Å². The fourth-order valence-corrected chi connectivity index (χ4v) is 2.93. The first-order valence-electron chi connectivity index (χ1n) is 5.72. The Balaban J connectivity index is 1.88. The number of benzene rings is 1. The molecular formula is C14H15BrO2S. The summed E-state index contributed by atoms with van der Waals surface area (Å²) in [5, 5.41) is 2.05. The number of ether oxygens (including phenoxy) is 2. The largest absolute Gasteiger partial charge is 0.488 e. The number of hydrogen-bond acceptors (Lipinski definition) is 3. The van der Waals surface area contributed by atoms with Gasteiger partial charge < -0.3 is 9.47 Å². The van der Waals surface area contributed by atoms with E-state index in [2.05, 4.69) is 33.4 Å². The minimum atomic E-state index is 0.607. The minimum Gasteiger partial charge on any atom is -0.488 e. The predicted octanol–water partition coefficient (Wildman–Crippen LogP) is 4.28. The lowest BCUT2D eigenvalue weighted by atomic mass is 10.1. The minimum absolute atomic E-state index is 0.607. The van der Waals surface area contributed by atoms with Gasteiger partial charge in [-0.2, -0.15) is 0 Å². The van der Waals surface area contributed by atoms with Crippen molar-refractivity contribution in [2.24, 2.45) is 0 Å². The second-order valence-electron chi connectivity index (χ2n) is 3.87. The summed E-state index contributed by atoms with van der Waals surface area (Å²) >= 11 is 5.19. The molecule has 1 heterocycles. The Labute approximate surface area is 120 Å². The van der Waals surface area contributed by atoms with Crippen molar-refractivity contribution in [3.8, 4) is 5.75 Å². The van der Waals surface area contributed by atoms with Crippen LogP contribution in [0.3, 0.4) is 0 Å². The summed E-state index contributed by atoms with van der Waals surface area (Å²) in [6, 6.07) is 10.2. The Kier molecular flexibility index (Phi) is 5.23. The van der Waals surface area contributed by atoms with Gasteiger partial charge in [0.1, 0.15) is 12.4 Å². The fraction of sp³-hybridized carbons (Fsp3) is 0.286. The molecule has 0 unspecified atom stereocenters. The molecule has 0 radical (unpaired) electrons. The van der Waals surface area contributed by atoms with Crippen molar-refractivity contribution in [3.05, 3.63) is 50.6 Å². The molecule has 0 N–H and O–H groups in total. The van der Waals surface area contributed by atoms with Gasteiger partial charge in [0.2, 0.25) is 0 Å². The molecule has 4 heteroatoms. The summed E-state index contributed by atoms with van der Waals surface area (Å²) in [6.45, 7) is 1.36. The molecule has 1 aromatic heterocycles. The maximum Gasteiger partial charge on any atom is 0.124 e. The first kappa shape index (κ1) is 13.6. The standard InChI is InChI=1S/C14H15BrO2S/c1-16-8-6-11-2-4-12(5-3-11)17-10-14-13(15)7-9-18-14/h2-5,7,9H,6,8,10H2,1H3. The van der Waals surface area contributed by atoms with E-state index in [1.165, 1.54) is 10.4 Å². The van der Waals surface area contributed by atoms with Crippen LogP contribution in [0.1, 0.15) is 10.4 Å². The second kappa shape index (κ2) is 6.92. The van der Waals surface area contributed by atoms with Gasteiger partial charge in [0.15, 0.2) is 0 Å². The predicted molar refractivity (Wildman–Crippen MR) is 78.4 cm³/mol. The summed E-state index contributed by atoms with van der Waals surface area (Å²) in [4.78, 5) is 1.21. The van der Waals surface area contributed by atoms with E-state index in [1.807, 2.05) is 18.2 Å². The highest BCUT2D eigenvalue weighted by molar-refractivity contribution is 9.10. The van der Waals surface area contributed by atoms with Crippen molar-refractivity contribution < 1.29 is 9.47 Å². The van der Waals surface area contributed by atoms with E-state index in [-0.39, 0.29) is 0 Å². The Morgan fingerprint density at radius 2 is 1.94 bits per heavy atom. The van der Waals surface area contributed by atoms with Crippen LogP contribution in [0.25, 0.3) is 0 Å². The first-order chi connectivity index (χ1) is 8.79. The number of halogens is 1. The van der Waals surface area contributed by atoms with Crippen molar-refractivity contribution in [3.63, 3.8) is 0 Å². The Bertz CT molecular complexity index is 479. The van der Waals surface area contributed by atoms with E-state index in [1.54, 1.807) is 18.4 Å². The van der Waals surface area contributed by atoms with Crippen LogP contribution in [0.15, 0.2) is 40.2 Å². The first-order valence-corrected chi connectivity index (χ1v) is 7.39. The normalized spacial score (nSPS) is 10.6. The maximum absolute atomic E-state index is 5.74. The highest BCUT2D eigenvalue weighted by Gasteiger charge is 2.02. The highest BCUT2D eigenvalue weighted by atomic mass is 79.9. The van der Waals surface area contributed by atoms with Crippen LogP contribution in [-0.4, -0.2) is 13.7 Å². The zero-order valence-corrected chi connectivity index (χ0v) is 12.6. The molecular weight excluding hydrogens is 312 g/mol. The summed E-state index contributed by atoms with van der Waals surface area (Å²) in [5.74, 6) is 0.900.